The van der Waals surface area contributed by atoms with E-state index < -0.39 is 5.54 Å². The van der Waals surface area contributed by atoms with Gasteiger partial charge in [0, 0.05) is 42.7 Å². The van der Waals surface area contributed by atoms with E-state index in [9.17, 15) is 9.59 Å². The third-order valence-electron chi connectivity index (χ3n) is 5.78. The summed E-state index contributed by atoms with van der Waals surface area (Å²) in [5.41, 5.74) is 2.35. The molecule has 0 aliphatic carbocycles. The second-order valence-corrected chi connectivity index (χ2v) is 9.35. The van der Waals surface area contributed by atoms with Crippen molar-refractivity contribution in [1.82, 2.24) is 4.90 Å². The third kappa shape index (κ3) is 4.36. The summed E-state index contributed by atoms with van der Waals surface area (Å²) in [6, 6.07) is 25.1. The molecule has 164 valence electrons. The summed E-state index contributed by atoms with van der Waals surface area (Å²) >= 11 is 1.55. The molecule has 3 aromatic rings. The Kier molecular flexibility index (Phi) is 6.24. The Morgan fingerprint density at radius 2 is 1.66 bits per heavy atom. The van der Waals surface area contributed by atoms with Crippen molar-refractivity contribution in [2.45, 2.75) is 23.9 Å². The van der Waals surface area contributed by atoms with Crippen molar-refractivity contribution in [3.05, 3.63) is 90.0 Å². The first-order valence-corrected chi connectivity index (χ1v) is 11.5. The van der Waals surface area contributed by atoms with Crippen LogP contribution in [0.25, 0.3) is 0 Å². The highest BCUT2D eigenvalue weighted by Crippen LogP contribution is 2.36. The lowest BCUT2D eigenvalue weighted by molar-refractivity contribution is -0.125. The fourth-order valence-corrected chi connectivity index (χ4v) is 4.95. The molecule has 1 aliphatic rings. The van der Waals surface area contributed by atoms with Crippen LogP contribution in [-0.4, -0.2) is 42.1 Å². The zero-order valence-corrected chi connectivity index (χ0v) is 19.4. The number of nitrogens with zero attached hydrogens (tertiary/aromatic N) is 2. The fraction of sp³-hybridized carbons (Fsp3) is 0.231. The van der Waals surface area contributed by atoms with Crippen molar-refractivity contribution in [2.24, 2.45) is 0 Å². The standard InChI is InChI=1S/C26H27N3O2S/c1-26(25(31)27-20-13-15-21(16-14-20)28(2)3)18-32-23-12-8-7-11-22(23)24(30)29(26)17-19-9-5-4-6-10-19/h4-16H,17-18H2,1-3H3,(H,27,31)/t26-/m0/s1. The first-order valence-electron chi connectivity index (χ1n) is 10.5. The van der Waals surface area contributed by atoms with Gasteiger partial charge >= 0.3 is 0 Å². The van der Waals surface area contributed by atoms with Crippen LogP contribution >= 0.6 is 11.8 Å². The maximum atomic E-state index is 13.7. The van der Waals surface area contributed by atoms with Gasteiger partial charge in [0.25, 0.3) is 11.8 Å². The second-order valence-electron chi connectivity index (χ2n) is 8.33. The molecule has 2 amide bonds. The summed E-state index contributed by atoms with van der Waals surface area (Å²) in [4.78, 5) is 31.9. The van der Waals surface area contributed by atoms with Crippen molar-refractivity contribution < 1.29 is 9.59 Å². The highest BCUT2D eigenvalue weighted by molar-refractivity contribution is 7.99. The largest absolute Gasteiger partial charge is 0.378 e. The number of benzene rings is 3. The maximum absolute atomic E-state index is 13.7. The Balaban J connectivity index is 1.68. The van der Waals surface area contributed by atoms with Gasteiger partial charge in [-0.1, -0.05) is 42.5 Å². The molecule has 0 radical (unpaired) electrons. The predicted octanol–water partition coefficient (Wildman–Crippen LogP) is 4.90. The predicted molar refractivity (Wildman–Crippen MR) is 131 cm³/mol. The van der Waals surface area contributed by atoms with E-state index in [-0.39, 0.29) is 11.8 Å². The Bertz CT molecular complexity index is 1120. The van der Waals surface area contributed by atoms with Gasteiger partial charge in [-0.15, -0.1) is 11.8 Å². The topological polar surface area (TPSA) is 52.7 Å². The van der Waals surface area contributed by atoms with Crippen molar-refractivity contribution in [3.8, 4) is 0 Å². The zero-order valence-electron chi connectivity index (χ0n) is 18.5. The number of hydrogen-bond acceptors (Lipinski definition) is 4. The van der Waals surface area contributed by atoms with E-state index in [0.29, 0.717) is 23.5 Å². The molecule has 1 atom stereocenters. The third-order valence-corrected chi connectivity index (χ3v) is 7.15. The molecule has 0 unspecified atom stereocenters. The number of carbonyl (C=O) groups excluding carboxylic acids is 2. The minimum absolute atomic E-state index is 0.130. The highest BCUT2D eigenvalue weighted by atomic mass is 32.2. The van der Waals surface area contributed by atoms with Gasteiger partial charge in [0.15, 0.2) is 0 Å². The van der Waals surface area contributed by atoms with Crippen molar-refractivity contribution in [3.63, 3.8) is 0 Å². The molecule has 1 aliphatic heterocycles. The van der Waals surface area contributed by atoms with Gasteiger partial charge in [0.05, 0.1) is 5.56 Å². The molecule has 32 heavy (non-hydrogen) atoms. The maximum Gasteiger partial charge on any atom is 0.256 e. The van der Waals surface area contributed by atoms with Crippen LogP contribution in [-0.2, 0) is 11.3 Å². The van der Waals surface area contributed by atoms with Gasteiger partial charge in [-0.3, -0.25) is 9.59 Å². The SMILES string of the molecule is CN(C)c1ccc(NC(=O)[C@]2(C)CSc3ccccc3C(=O)N2Cc2ccccc2)cc1. The summed E-state index contributed by atoms with van der Waals surface area (Å²) < 4.78 is 0. The number of fused-ring (bicyclic) bond motifs is 1. The normalized spacial score (nSPS) is 18.0. The molecule has 0 saturated heterocycles. The lowest BCUT2D eigenvalue weighted by Gasteiger charge is -2.38. The average molecular weight is 446 g/mol. The molecule has 4 rings (SSSR count). The number of hydrogen-bond donors (Lipinski definition) is 1. The Morgan fingerprint density at radius 3 is 2.34 bits per heavy atom. The molecular weight excluding hydrogens is 418 g/mol. The monoisotopic (exact) mass is 445 g/mol. The Labute approximate surface area is 193 Å². The number of carbonyl (C=O) groups is 2. The van der Waals surface area contributed by atoms with Crippen LogP contribution in [0.15, 0.2) is 83.8 Å². The molecule has 1 N–H and O–H groups in total. The summed E-state index contributed by atoms with van der Waals surface area (Å²) in [7, 11) is 3.95. The first kappa shape index (κ1) is 22.0. The minimum Gasteiger partial charge on any atom is -0.378 e. The van der Waals surface area contributed by atoms with Crippen molar-refractivity contribution in [1.29, 1.82) is 0 Å². The number of thioether (sulfide) groups is 1. The summed E-state index contributed by atoms with van der Waals surface area (Å²) in [6.07, 6.45) is 0. The van der Waals surface area contributed by atoms with Gasteiger partial charge < -0.3 is 15.1 Å². The van der Waals surface area contributed by atoms with Gasteiger partial charge in [-0.05, 0) is 48.9 Å². The molecule has 1 heterocycles. The van der Waals surface area contributed by atoms with Gasteiger partial charge in [0.1, 0.15) is 5.54 Å². The zero-order chi connectivity index (χ0) is 22.7. The van der Waals surface area contributed by atoms with E-state index in [0.717, 1.165) is 16.1 Å². The Hall–Kier alpha value is -3.25. The molecule has 0 spiro atoms. The van der Waals surface area contributed by atoms with E-state index in [2.05, 4.69) is 5.32 Å². The van der Waals surface area contributed by atoms with Crippen LogP contribution in [0.3, 0.4) is 0 Å². The first-order chi connectivity index (χ1) is 15.4. The van der Waals surface area contributed by atoms with E-state index in [4.69, 9.17) is 0 Å². The molecule has 0 fully saturated rings. The van der Waals surface area contributed by atoms with Gasteiger partial charge in [0.2, 0.25) is 0 Å². The number of nitrogens with one attached hydrogen (secondary N) is 1. The van der Waals surface area contributed by atoms with E-state index in [1.165, 1.54) is 0 Å². The molecular formula is C26H27N3O2S. The van der Waals surface area contributed by atoms with Crippen molar-refractivity contribution in [2.75, 3.05) is 30.1 Å². The fourth-order valence-electron chi connectivity index (χ4n) is 3.74. The van der Waals surface area contributed by atoms with Crippen LogP contribution < -0.4 is 10.2 Å². The van der Waals surface area contributed by atoms with Crippen LogP contribution in [0, 0.1) is 0 Å². The number of rotatable bonds is 5. The molecule has 5 nitrogen and oxygen atoms in total. The van der Waals surface area contributed by atoms with Crippen LogP contribution in [0.2, 0.25) is 0 Å². The second kappa shape index (κ2) is 9.09. The van der Waals surface area contributed by atoms with Gasteiger partial charge in [-0.2, -0.15) is 0 Å². The smallest absolute Gasteiger partial charge is 0.256 e. The van der Waals surface area contributed by atoms with Crippen molar-refractivity contribution >= 4 is 35.0 Å². The number of amides is 2. The summed E-state index contributed by atoms with van der Waals surface area (Å²) in [5.74, 6) is 0.138. The van der Waals surface area contributed by atoms with E-state index in [1.54, 1.807) is 16.7 Å². The van der Waals surface area contributed by atoms with Crippen LogP contribution in [0.1, 0.15) is 22.8 Å². The average Bonchev–Trinajstić information content (AvgIpc) is 2.91. The molecule has 6 heteroatoms. The van der Waals surface area contributed by atoms with Crippen LogP contribution in [0.5, 0.6) is 0 Å². The Morgan fingerprint density at radius 1 is 1.00 bits per heavy atom. The molecule has 0 bridgehead atoms. The lowest BCUT2D eigenvalue weighted by Crippen LogP contribution is -2.57. The quantitative estimate of drug-likeness (QED) is 0.607. The summed E-state index contributed by atoms with van der Waals surface area (Å²) in [6.45, 7) is 2.22. The molecule has 3 aromatic carbocycles. The minimum atomic E-state index is -1.03. The van der Waals surface area contributed by atoms with Crippen LogP contribution in [0.4, 0.5) is 11.4 Å². The van der Waals surface area contributed by atoms with E-state index in [1.807, 2.05) is 105 Å². The lowest BCUT2D eigenvalue weighted by atomic mass is 9.98. The number of anilines is 2. The highest BCUT2D eigenvalue weighted by Gasteiger charge is 2.45. The van der Waals surface area contributed by atoms with Gasteiger partial charge in [-0.25, -0.2) is 0 Å². The van der Waals surface area contributed by atoms with E-state index >= 15 is 0 Å². The summed E-state index contributed by atoms with van der Waals surface area (Å²) in [5, 5.41) is 3.04. The molecule has 0 aromatic heterocycles. The molecule has 0 saturated carbocycles.